The number of nitrogens with one attached hydrogen (secondary N) is 1. The van der Waals surface area contributed by atoms with E-state index in [1.165, 1.54) is 0 Å². The van der Waals surface area contributed by atoms with Crippen LogP contribution in [-0.2, 0) is 0 Å². The van der Waals surface area contributed by atoms with Crippen LogP contribution in [-0.4, -0.2) is 45.9 Å². The number of rotatable bonds is 5. The number of nitriles is 1. The number of aromatic hydroxyl groups is 1. The molecule has 0 spiro atoms. The van der Waals surface area contributed by atoms with Crippen LogP contribution in [0, 0.1) is 23.7 Å². The Balaban J connectivity index is 1.58. The Morgan fingerprint density at radius 1 is 1.25 bits per heavy atom. The molecule has 1 atom stereocenters. The van der Waals surface area contributed by atoms with Gasteiger partial charge in [-0.2, -0.15) is 5.26 Å². The highest BCUT2D eigenvalue weighted by molar-refractivity contribution is 5.72. The normalized spacial score (nSPS) is 19.6. The van der Waals surface area contributed by atoms with Gasteiger partial charge in [0, 0.05) is 23.7 Å². The fourth-order valence-corrected chi connectivity index (χ4v) is 3.84. The first-order chi connectivity index (χ1) is 13.7. The Hall–Kier alpha value is -3.09. The maximum atomic E-state index is 10.4. The molecule has 6 heteroatoms. The van der Waals surface area contributed by atoms with E-state index >= 15 is 0 Å². The minimum absolute atomic E-state index is 0.131. The van der Waals surface area contributed by atoms with Gasteiger partial charge in [0.1, 0.15) is 17.3 Å². The number of hydrogen-bond acceptors (Lipinski definition) is 6. The Labute approximate surface area is 165 Å². The molecule has 2 N–H and O–H groups in total. The van der Waals surface area contributed by atoms with Gasteiger partial charge in [-0.1, -0.05) is 5.92 Å². The van der Waals surface area contributed by atoms with Gasteiger partial charge in [0.2, 0.25) is 0 Å². The molecule has 1 saturated carbocycles. The summed E-state index contributed by atoms with van der Waals surface area (Å²) in [4.78, 5) is 2.16. The summed E-state index contributed by atoms with van der Waals surface area (Å²) in [7, 11) is 0. The molecule has 28 heavy (non-hydrogen) atoms. The highest BCUT2D eigenvalue weighted by Crippen LogP contribution is 2.45. The van der Waals surface area contributed by atoms with E-state index in [9.17, 15) is 5.11 Å². The number of hydrogen-bond donors (Lipinski definition) is 2. The van der Waals surface area contributed by atoms with Gasteiger partial charge in [0.25, 0.3) is 0 Å². The van der Waals surface area contributed by atoms with Gasteiger partial charge in [0.15, 0.2) is 0 Å². The zero-order chi connectivity index (χ0) is 19.5. The fourth-order valence-electron chi connectivity index (χ4n) is 3.84. The van der Waals surface area contributed by atoms with E-state index in [1.54, 1.807) is 6.07 Å². The van der Waals surface area contributed by atoms with Crippen molar-refractivity contribution in [3.63, 3.8) is 0 Å². The smallest absolute Gasteiger partial charge is 0.149 e. The fraction of sp³-hybridized carbons (Fsp3) is 0.409. The number of aromatic nitrogens is 2. The molecule has 1 aromatic heterocycles. The van der Waals surface area contributed by atoms with Crippen LogP contribution in [0.1, 0.15) is 42.7 Å². The number of benzene rings is 1. The van der Waals surface area contributed by atoms with Crippen LogP contribution in [0.3, 0.4) is 0 Å². The molecule has 0 unspecified atom stereocenters. The second-order valence-electron chi connectivity index (χ2n) is 7.56. The first-order valence-electron chi connectivity index (χ1n) is 9.71. The highest BCUT2D eigenvalue weighted by atomic mass is 16.3. The molecular formula is C22H23N5O. The van der Waals surface area contributed by atoms with E-state index in [-0.39, 0.29) is 11.8 Å². The second-order valence-corrected chi connectivity index (χ2v) is 7.56. The summed E-state index contributed by atoms with van der Waals surface area (Å²) in [5.74, 6) is 3.88. The van der Waals surface area contributed by atoms with Crippen molar-refractivity contribution >= 4 is 5.82 Å². The largest absolute Gasteiger partial charge is 0.507 e. The molecule has 1 aliphatic heterocycles. The maximum Gasteiger partial charge on any atom is 0.149 e. The lowest BCUT2D eigenvalue weighted by Crippen LogP contribution is -2.42. The number of nitrogens with zero attached hydrogens (tertiary/aromatic N) is 4. The van der Waals surface area contributed by atoms with Gasteiger partial charge in [-0.25, -0.2) is 0 Å². The van der Waals surface area contributed by atoms with E-state index < -0.39 is 0 Å². The average Bonchev–Trinajstić information content (AvgIpc) is 3.54. The standard InChI is InChI=1S/C22H23N5O/c1-2-15-5-8-18(20(28)12-15)22-19(16-6-7-16)13-21(25-26-22)24-17-4-3-10-27(14-17)11-9-23/h1,5,8,12-13,16-17,28H,3-4,6-7,10-11,14H2,(H,24,25)/t17-/m1/s1. The van der Waals surface area contributed by atoms with Crippen molar-refractivity contribution in [1.82, 2.24) is 15.1 Å². The number of phenolic OH excluding ortho intramolecular Hbond substituents is 1. The van der Waals surface area contributed by atoms with Crippen molar-refractivity contribution in [1.29, 1.82) is 5.26 Å². The third kappa shape index (κ3) is 3.93. The van der Waals surface area contributed by atoms with Crippen molar-refractivity contribution in [2.45, 2.75) is 37.6 Å². The minimum atomic E-state index is 0.131. The van der Waals surface area contributed by atoms with Gasteiger partial charge in [-0.15, -0.1) is 16.6 Å². The molecule has 1 saturated heterocycles. The van der Waals surface area contributed by atoms with E-state index in [2.05, 4.69) is 38.5 Å². The summed E-state index contributed by atoms with van der Waals surface area (Å²) in [5.41, 5.74) is 3.15. The highest BCUT2D eigenvalue weighted by Gasteiger charge is 2.29. The van der Waals surface area contributed by atoms with E-state index in [1.807, 2.05) is 12.1 Å². The predicted molar refractivity (Wildman–Crippen MR) is 108 cm³/mol. The van der Waals surface area contributed by atoms with Crippen molar-refractivity contribution in [2.24, 2.45) is 0 Å². The second kappa shape index (κ2) is 7.88. The zero-order valence-electron chi connectivity index (χ0n) is 15.7. The Morgan fingerprint density at radius 2 is 2.11 bits per heavy atom. The molecule has 142 valence electrons. The van der Waals surface area contributed by atoms with Crippen LogP contribution in [0.5, 0.6) is 5.75 Å². The van der Waals surface area contributed by atoms with E-state index in [4.69, 9.17) is 11.7 Å². The number of phenols is 1. The summed E-state index contributed by atoms with van der Waals surface area (Å²) in [6.07, 6.45) is 9.79. The maximum absolute atomic E-state index is 10.4. The number of terminal acetylenes is 1. The van der Waals surface area contributed by atoms with Crippen LogP contribution >= 0.6 is 0 Å². The van der Waals surface area contributed by atoms with Crippen LogP contribution in [0.15, 0.2) is 24.3 Å². The van der Waals surface area contributed by atoms with Crippen LogP contribution < -0.4 is 5.32 Å². The average molecular weight is 373 g/mol. The van der Waals surface area contributed by atoms with Gasteiger partial charge < -0.3 is 10.4 Å². The van der Waals surface area contributed by atoms with Crippen LogP contribution in [0.4, 0.5) is 5.82 Å². The van der Waals surface area contributed by atoms with E-state index in [0.717, 1.165) is 55.8 Å². The molecule has 4 rings (SSSR count). The van der Waals surface area contributed by atoms with Crippen molar-refractivity contribution in [2.75, 3.05) is 25.0 Å². The van der Waals surface area contributed by atoms with Crippen LogP contribution in [0.25, 0.3) is 11.3 Å². The SMILES string of the molecule is C#Cc1ccc(-c2nnc(N[C@@H]3CCCN(CC#N)C3)cc2C2CC2)c(O)c1. The molecule has 1 aromatic carbocycles. The van der Waals surface area contributed by atoms with Crippen LogP contribution in [0.2, 0.25) is 0 Å². The Bertz CT molecular complexity index is 954. The number of piperidine rings is 1. The zero-order valence-corrected chi connectivity index (χ0v) is 15.7. The Kier molecular flexibility index (Phi) is 5.14. The quantitative estimate of drug-likeness (QED) is 0.619. The first-order valence-corrected chi connectivity index (χ1v) is 9.71. The summed E-state index contributed by atoms with van der Waals surface area (Å²) in [6.45, 7) is 2.27. The molecule has 2 fully saturated rings. The summed E-state index contributed by atoms with van der Waals surface area (Å²) in [6, 6.07) is 9.77. The monoisotopic (exact) mass is 373 g/mol. The van der Waals surface area contributed by atoms with Gasteiger partial charge >= 0.3 is 0 Å². The molecule has 0 radical (unpaired) electrons. The summed E-state index contributed by atoms with van der Waals surface area (Å²) < 4.78 is 0. The lowest BCUT2D eigenvalue weighted by Gasteiger charge is -2.31. The third-order valence-electron chi connectivity index (χ3n) is 5.41. The predicted octanol–water partition coefficient (Wildman–Crippen LogP) is 3.11. The number of likely N-dealkylation sites (tertiary alicyclic amines) is 1. The van der Waals surface area contributed by atoms with Crippen molar-refractivity contribution < 1.29 is 5.11 Å². The topological polar surface area (TPSA) is 85.1 Å². The van der Waals surface area contributed by atoms with Crippen molar-refractivity contribution in [3.05, 3.63) is 35.4 Å². The van der Waals surface area contributed by atoms with Crippen molar-refractivity contribution in [3.8, 4) is 35.4 Å². The van der Waals surface area contributed by atoms with Gasteiger partial charge in [-0.05, 0) is 68.0 Å². The summed E-state index contributed by atoms with van der Waals surface area (Å²) in [5, 5.41) is 31.7. The summed E-state index contributed by atoms with van der Waals surface area (Å²) >= 11 is 0. The Morgan fingerprint density at radius 3 is 2.82 bits per heavy atom. The minimum Gasteiger partial charge on any atom is -0.507 e. The molecule has 0 bridgehead atoms. The molecule has 6 nitrogen and oxygen atoms in total. The first kappa shape index (κ1) is 18.3. The third-order valence-corrected chi connectivity index (χ3v) is 5.41. The lowest BCUT2D eigenvalue weighted by atomic mass is 10.0. The molecule has 0 amide bonds. The molecule has 2 heterocycles. The van der Waals surface area contributed by atoms with Gasteiger partial charge in [0.05, 0.1) is 12.6 Å². The molecular weight excluding hydrogens is 350 g/mol. The molecule has 2 aliphatic rings. The molecule has 1 aliphatic carbocycles. The van der Waals surface area contributed by atoms with Gasteiger partial charge in [-0.3, -0.25) is 4.90 Å². The number of anilines is 1. The molecule has 2 aromatic rings. The lowest BCUT2D eigenvalue weighted by molar-refractivity contribution is 0.239. The van der Waals surface area contributed by atoms with E-state index in [0.29, 0.717) is 23.6 Å².